The van der Waals surface area contributed by atoms with Crippen LogP contribution in [0.4, 0.5) is 0 Å². The average Bonchev–Trinajstić information content (AvgIpc) is 3.02. The van der Waals surface area contributed by atoms with Crippen LogP contribution in [0, 0.1) is 0 Å². The van der Waals surface area contributed by atoms with E-state index >= 15 is 0 Å². The predicted octanol–water partition coefficient (Wildman–Crippen LogP) is 3.24. The molecular weight excluding hydrogens is 292 g/mol. The van der Waals surface area contributed by atoms with Crippen molar-refractivity contribution < 1.29 is 14.6 Å². The summed E-state index contributed by atoms with van der Waals surface area (Å²) in [6, 6.07) is 11.0. The molecule has 5 nitrogen and oxygen atoms in total. The lowest BCUT2D eigenvalue weighted by atomic mass is 10.1. The third kappa shape index (κ3) is 4.79. The number of rotatable bonds is 3. The highest BCUT2D eigenvalue weighted by Gasteiger charge is 2.21. The quantitative estimate of drug-likeness (QED) is 0.942. The Kier molecular flexibility index (Phi) is 6.11. The van der Waals surface area contributed by atoms with Gasteiger partial charge in [-0.25, -0.2) is 4.79 Å². The van der Waals surface area contributed by atoms with Crippen LogP contribution in [0.5, 0.6) is 5.75 Å². The standard InChI is InChI=1S/C10H14N2.C8H8O3/c1-12-7-3-5-10(12)9-4-2-6-11-8-9;1-11-7-4-2-6(3-5-7)8(9)10/h2,4,6,8,10H,3,5,7H2,1H3;2-5H,1H3,(H,9,10). The fraction of sp³-hybridized carbons (Fsp3) is 0.333. The molecule has 122 valence electrons. The number of carboxylic acids is 1. The molecule has 1 aliphatic rings. The molecule has 2 aromatic rings. The number of aromatic nitrogens is 1. The van der Waals surface area contributed by atoms with E-state index in [0.29, 0.717) is 11.8 Å². The Labute approximate surface area is 136 Å². The Bertz CT molecular complexity index is 614. The van der Waals surface area contributed by atoms with Crippen LogP contribution in [0.3, 0.4) is 0 Å². The van der Waals surface area contributed by atoms with Gasteiger partial charge in [0.2, 0.25) is 0 Å². The number of aromatic carboxylic acids is 1. The lowest BCUT2D eigenvalue weighted by Crippen LogP contribution is -2.17. The van der Waals surface area contributed by atoms with Gasteiger partial charge in [0.25, 0.3) is 0 Å². The van der Waals surface area contributed by atoms with Crippen molar-refractivity contribution in [2.45, 2.75) is 18.9 Å². The number of benzene rings is 1. The minimum atomic E-state index is -0.923. The van der Waals surface area contributed by atoms with Crippen LogP contribution in [-0.4, -0.2) is 41.7 Å². The second kappa shape index (κ2) is 8.29. The second-order valence-electron chi connectivity index (χ2n) is 5.46. The number of likely N-dealkylation sites (tertiary alicyclic amines) is 1. The summed E-state index contributed by atoms with van der Waals surface area (Å²) in [5, 5.41) is 8.51. The molecule has 1 unspecified atom stereocenters. The van der Waals surface area contributed by atoms with E-state index in [1.165, 1.54) is 44.2 Å². The summed E-state index contributed by atoms with van der Waals surface area (Å²) in [5.41, 5.74) is 1.63. The molecule has 0 amide bonds. The van der Waals surface area contributed by atoms with Gasteiger partial charge in [-0.2, -0.15) is 0 Å². The zero-order valence-corrected chi connectivity index (χ0v) is 13.5. The normalized spacial score (nSPS) is 17.2. The number of hydrogen-bond acceptors (Lipinski definition) is 4. The highest BCUT2D eigenvalue weighted by molar-refractivity contribution is 5.87. The molecule has 0 spiro atoms. The Morgan fingerprint density at radius 1 is 1.30 bits per heavy atom. The van der Waals surface area contributed by atoms with Crippen LogP contribution in [0.25, 0.3) is 0 Å². The van der Waals surface area contributed by atoms with Crippen LogP contribution in [-0.2, 0) is 0 Å². The predicted molar refractivity (Wildman–Crippen MR) is 88.8 cm³/mol. The molecule has 2 heterocycles. The average molecular weight is 314 g/mol. The molecule has 1 fully saturated rings. The van der Waals surface area contributed by atoms with Crippen molar-refractivity contribution in [2.75, 3.05) is 20.7 Å². The van der Waals surface area contributed by atoms with E-state index < -0.39 is 5.97 Å². The summed E-state index contributed by atoms with van der Waals surface area (Å²) < 4.78 is 4.86. The number of hydrogen-bond donors (Lipinski definition) is 1. The fourth-order valence-electron chi connectivity index (χ4n) is 2.64. The number of methoxy groups -OCH3 is 1. The van der Waals surface area contributed by atoms with Gasteiger partial charge in [-0.05, 0) is 62.3 Å². The number of carboxylic acid groups (broad SMARTS) is 1. The van der Waals surface area contributed by atoms with Crippen LogP contribution in [0.1, 0.15) is 34.8 Å². The largest absolute Gasteiger partial charge is 0.497 e. The topological polar surface area (TPSA) is 62.7 Å². The van der Waals surface area contributed by atoms with Gasteiger partial charge in [0.05, 0.1) is 12.7 Å². The molecule has 0 bridgehead atoms. The first-order valence-electron chi connectivity index (χ1n) is 7.59. The first kappa shape index (κ1) is 17.0. The van der Waals surface area contributed by atoms with Crippen molar-refractivity contribution in [1.29, 1.82) is 0 Å². The van der Waals surface area contributed by atoms with Gasteiger partial charge in [-0.1, -0.05) is 6.07 Å². The van der Waals surface area contributed by atoms with E-state index in [-0.39, 0.29) is 5.56 Å². The molecule has 0 radical (unpaired) electrons. The van der Waals surface area contributed by atoms with Crippen LogP contribution in [0.2, 0.25) is 0 Å². The van der Waals surface area contributed by atoms with E-state index in [9.17, 15) is 4.79 Å². The van der Waals surface area contributed by atoms with Gasteiger partial charge in [0, 0.05) is 18.4 Å². The molecule has 1 aromatic carbocycles. The van der Waals surface area contributed by atoms with E-state index in [2.05, 4.69) is 23.0 Å². The molecule has 23 heavy (non-hydrogen) atoms. The smallest absolute Gasteiger partial charge is 0.335 e. The first-order valence-corrected chi connectivity index (χ1v) is 7.59. The third-order valence-electron chi connectivity index (χ3n) is 3.93. The fourth-order valence-corrected chi connectivity index (χ4v) is 2.64. The maximum atomic E-state index is 10.4. The third-order valence-corrected chi connectivity index (χ3v) is 3.93. The minimum absolute atomic E-state index is 0.269. The summed E-state index contributed by atoms with van der Waals surface area (Å²) in [5.74, 6) is -0.261. The van der Waals surface area contributed by atoms with Crippen molar-refractivity contribution in [3.63, 3.8) is 0 Å². The molecule has 1 aromatic heterocycles. The maximum absolute atomic E-state index is 10.4. The van der Waals surface area contributed by atoms with Crippen LogP contribution in [0.15, 0.2) is 48.8 Å². The lowest BCUT2D eigenvalue weighted by Gasteiger charge is -2.18. The van der Waals surface area contributed by atoms with E-state index in [1.807, 2.05) is 18.5 Å². The van der Waals surface area contributed by atoms with Gasteiger partial charge < -0.3 is 9.84 Å². The van der Waals surface area contributed by atoms with Crippen molar-refractivity contribution in [2.24, 2.45) is 0 Å². The number of ether oxygens (including phenoxy) is 1. The molecule has 1 atom stereocenters. The Morgan fingerprint density at radius 2 is 2.04 bits per heavy atom. The highest BCUT2D eigenvalue weighted by Crippen LogP contribution is 2.29. The summed E-state index contributed by atoms with van der Waals surface area (Å²) in [6.07, 6.45) is 6.41. The van der Waals surface area contributed by atoms with Gasteiger partial charge in [-0.15, -0.1) is 0 Å². The van der Waals surface area contributed by atoms with E-state index in [1.54, 1.807) is 12.1 Å². The summed E-state index contributed by atoms with van der Waals surface area (Å²) >= 11 is 0. The lowest BCUT2D eigenvalue weighted by molar-refractivity contribution is 0.0697. The van der Waals surface area contributed by atoms with Gasteiger partial charge in [0.15, 0.2) is 0 Å². The summed E-state index contributed by atoms with van der Waals surface area (Å²) in [6.45, 7) is 1.22. The summed E-state index contributed by atoms with van der Waals surface area (Å²) in [7, 11) is 3.72. The highest BCUT2D eigenvalue weighted by atomic mass is 16.5. The monoisotopic (exact) mass is 314 g/mol. The molecule has 3 rings (SSSR count). The molecule has 1 aliphatic heterocycles. The van der Waals surface area contributed by atoms with Crippen LogP contribution >= 0.6 is 0 Å². The molecule has 0 saturated carbocycles. The Balaban J connectivity index is 0.000000168. The zero-order valence-electron chi connectivity index (χ0n) is 13.5. The Hall–Kier alpha value is -2.40. The maximum Gasteiger partial charge on any atom is 0.335 e. The molecule has 0 aliphatic carbocycles. The first-order chi connectivity index (χ1) is 11.1. The van der Waals surface area contributed by atoms with Crippen molar-refractivity contribution in [3.8, 4) is 5.75 Å². The zero-order chi connectivity index (χ0) is 16.7. The van der Waals surface area contributed by atoms with Crippen molar-refractivity contribution in [3.05, 3.63) is 59.9 Å². The minimum Gasteiger partial charge on any atom is -0.497 e. The number of pyridine rings is 1. The van der Waals surface area contributed by atoms with Crippen molar-refractivity contribution in [1.82, 2.24) is 9.88 Å². The molecular formula is C18H22N2O3. The van der Waals surface area contributed by atoms with Crippen molar-refractivity contribution >= 4 is 5.97 Å². The SMILES string of the molecule is CN1CCCC1c1cccnc1.COc1ccc(C(=O)O)cc1. The van der Waals surface area contributed by atoms with E-state index in [0.717, 1.165) is 0 Å². The summed E-state index contributed by atoms with van der Waals surface area (Å²) in [4.78, 5) is 16.9. The number of carbonyl (C=O) groups is 1. The molecule has 5 heteroatoms. The number of nitrogens with zero attached hydrogens (tertiary/aromatic N) is 2. The second-order valence-corrected chi connectivity index (χ2v) is 5.46. The van der Waals surface area contributed by atoms with E-state index in [4.69, 9.17) is 9.84 Å². The van der Waals surface area contributed by atoms with Crippen LogP contribution < -0.4 is 4.74 Å². The molecule has 1 N–H and O–H groups in total. The Morgan fingerprint density at radius 3 is 2.52 bits per heavy atom. The van der Waals surface area contributed by atoms with Gasteiger partial charge >= 0.3 is 5.97 Å². The van der Waals surface area contributed by atoms with Gasteiger partial charge in [0.1, 0.15) is 5.75 Å². The van der Waals surface area contributed by atoms with Gasteiger partial charge in [-0.3, -0.25) is 9.88 Å². The molecule has 1 saturated heterocycles.